The highest BCUT2D eigenvalue weighted by molar-refractivity contribution is 5.88. The number of para-hydroxylation sites is 1. The van der Waals surface area contributed by atoms with E-state index in [2.05, 4.69) is 11.0 Å². The van der Waals surface area contributed by atoms with Gasteiger partial charge >= 0.3 is 5.97 Å². The number of dihydropyridines is 1. The highest BCUT2D eigenvalue weighted by atomic mass is 16.9. The first-order chi connectivity index (χ1) is 8.75. The molecule has 6 heteroatoms. The van der Waals surface area contributed by atoms with Gasteiger partial charge < -0.3 is 20.1 Å². The van der Waals surface area contributed by atoms with Crippen molar-refractivity contribution in [2.24, 2.45) is 0 Å². The number of allylic oxidation sites excluding steroid dienone is 1. The fourth-order valence-electron chi connectivity index (χ4n) is 1.85. The number of nitrogens with one attached hydrogen (secondary N) is 2. The third-order valence-electron chi connectivity index (χ3n) is 2.77. The van der Waals surface area contributed by atoms with Crippen LogP contribution in [0.1, 0.15) is 12.0 Å². The zero-order chi connectivity index (χ0) is 12.5. The molecular weight excluding hydrogens is 236 g/mol. The second-order valence-corrected chi connectivity index (χ2v) is 3.86. The molecule has 0 radical (unpaired) electrons. The van der Waals surface area contributed by atoms with Gasteiger partial charge in [-0.25, -0.2) is 4.79 Å². The first-order valence-electron chi connectivity index (χ1n) is 5.37. The summed E-state index contributed by atoms with van der Waals surface area (Å²) < 4.78 is 0. The van der Waals surface area contributed by atoms with Crippen LogP contribution in [0.3, 0.4) is 0 Å². The van der Waals surface area contributed by atoms with Crippen LogP contribution in [0.4, 0.5) is 0 Å². The Morgan fingerprint density at radius 2 is 2.22 bits per heavy atom. The Balaban J connectivity index is 1.90. The summed E-state index contributed by atoms with van der Waals surface area (Å²) in [7, 11) is 0. The van der Waals surface area contributed by atoms with E-state index in [4.69, 9.17) is 14.8 Å². The van der Waals surface area contributed by atoms with Crippen molar-refractivity contribution >= 4 is 11.7 Å². The number of rotatable bonds is 2. The van der Waals surface area contributed by atoms with Crippen LogP contribution in [-0.2, 0) is 4.79 Å². The third kappa shape index (κ3) is 1.68. The Bertz CT molecular complexity index is 577. The van der Waals surface area contributed by atoms with Gasteiger partial charge in [0.15, 0.2) is 5.75 Å². The number of carboxylic acids is 1. The van der Waals surface area contributed by atoms with Crippen molar-refractivity contribution in [2.75, 3.05) is 0 Å². The van der Waals surface area contributed by atoms with Gasteiger partial charge in [-0.15, -0.1) is 0 Å². The summed E-state index contributed by atoms with van der Waals surface area (Å²) in [6.45, 7) is 0. The van der Waals surface area contributed by atoms with E-state index in [0.717, 1.165) is 11.3 Å². The van der Waals surface area contributed by atoms with E-state index >= 15 is 0 Å². The van der Waals surface area contributed by atoms with Gasteiger partial charge in [0.1, 0.15) is 0 Å². The second kappa shape index (κ2) is 4.08. The van der Waals surface area contributed by atoms with Crippen molar-refractivity contribution in [3.63, 3.8) is 0 Å². The van der Waals surface area contributed by atoms with Crippen LogP contribution < -0.4 is 20.6 Å². The predicted molar refractivity (Wildman–Crippen MR) is 62.3 cm³/mol. The molecule has 3 rings (SSSR count). The van der Waals surface area contributed by atoms with Crippen LogP contribution in [0.15, 0.2) is 36.0 Å². The van der Waals surface area contributed by atoms with Gasteiger partial charge in [-0.05, 0) is 12.1 Å². The molecule has 0 saturated heterocycles. The first-order valence-corrected chi connectivity index (χ1v) is 5.37. The molecule has 18 heavy (non-hydrogen) atoms. The van der Waals surface area contributed by atoms with Crippen LogP contribution in [-0.4, -0.2) is 11.1 Å². The van der Waals surface area contributed by atoms with E-state index in [9.17, 15) is 4.79 Å². The van der Waals surface area contributed by atoms with E-state index in [-0.39, 0.29) is 0 Å². The molecule has 0 atom stereocenters. The molecule has 0 fully saturated rings. The molecule has 1 aromatic rings. The number of fused-ring (bicyclic) bond motifs is 1. The topological polar surface area (TPSA) is 79.8 Å². The lowest BCUT2D eigenvalue weighted by Gasteiger charge is -2.14. The van der Waals surface area contributed by atoms with Crippen LogP contribution in [0.2, 0.25) is 0 Å². The maximum atomic E-state index is 10.8. The van der Waals surface area contributed by atoms with Crippen molar-refractivity contribution in [3.05, 3.63) is 41.6 Å². The predicted octanol–water partition coefficient (Wildman–Crippen LogP) is 1.18. The minimum Gasteiger partial charge on any atom is -0.478 e. The highest BCUT2D eigenvalue weighted by Crippen LogP contribution is 2.37. The highest BCUT2D eigenvalue weighted by Gasteiger charge is 2.21. The molecule has 0 aromatic heterocycles. The molecular formula is C12H10N2O4. The Kier molecular flexibility index (Phi) is 2.42. The lowest BCUT2D eigenvalue weighted by atomic mass is 10.0. The summed E-state index contributed by atoms with van der Waals surface area (Å²) in [5, 5.41) is 11.8. The monoisotopic (exact) mass is 246 g/mol. The molecule has 92 valence electrons. The van der Waals surface area contributed by atoms with Crippen LogP contribution >= 0.6 is 0 Å². The van der Waals surface area contributed by atoms with E-state index in [1.165, 1.54) is 6.20 Å². The smallest absolute Gasteiger partial charge is 0.333 e. The molecule has 6 nitrogen and oxygen atoms in total. The number of benzene rings is 1. The number of hydrogen-bond acceptors (Lipinski definition) is 5. The fourth-order valence-corrected chi connectivity index (χ4v) is 1.85. The van der Waals surface area contributed by atoms with E-state index in [1.807, 2.05) is 12.1 Å². The molecule has 0 spiro atoms. The maximum absolute atomic E-state index is 10.8. The Morgan fingerprint density at radius 1 is 1.33 bits per heavy atom. The third-order valence-corrected chi connectivity index (χ3v) is 2.77. The van der Waals surface area contributed by atoms with Crippen LogP contribution in [0.5, 0.6) is 11.5 Å². The zero-order valence-corrected chi connectivity index (χ0v) is 9.27. The summed E-state index contributed by atoms with van der Waals surface area (Å²) >= 11 is 0. The standard InChI is InChI=1S/C12H10N2O4/c15-12(16)7-4-5-9(13-6-7)8-2-1-3-10-11(8)18-14-17-10/h1-3,5-6,13-14H,4H2,(H,15,16). The van der Waals surface area contributed by atoms with Crippen molar-refractivity contribution in [1.29, 1.82) is 0 Å². The molecule has 2 aliphatic heterocycles. The number of aliphatic carboxylic acids is 1. The SMILES string of the molecule is O=C(O)C1=CNC(c2cccc3c2ONO3)=CC1. The minimum absolute atomic E-state index is 0.321. The quantitative estimate of drug-likeness (QED) is 0.727. The molecule has 0 amide bonds. The Hall–Kier alpha value is -2.47. The summed E-state index contributed by atoms with van der Waals surface area (Å²) in [5.41, 5.74) is 4.26. The molecule has 2 heterocycles. The van der Waals surface area contributed by atoms with Crippen LogP contribution in [0.25, 0.3) is 5.70 Å². The van der Waals surface area contributed by atoms with Crippen molar-refractivity contribution in [3.8, 4) is 11.5 Å². The summed E-state index contributed by atoms with van der Waals surface area (Å²) in [5.74, 6) is 0.268. The minimum atomic E-state index is -0.919. The van der Waals surface area contributed by atoms with Gasteiger partial charge in [0, 0.05) is 29.5 Å². The molecule has 0 saturated carbocycles. The van der Waals surface area contributed by atoms with E-state index in [0.29, 0.717) is 23.5 Å². The Labute approximate surface area is 102 Å². The lowest BCUT2D eigenvalue weighted by molar-refractivity contribution is -0.132. The normalized spacial score (nSPS) is 16.7. The molecule has 3 N–H and O–H groups in total. The van der Waals surface area contributed by atoms with Gasteiger partial charge in [0.25, 0.3) is 0 Å². The van der Waals surface area contributed by atoms with E-state index < -0.39 is 5.97 Å². The van der Waals surface area contributed by atoms with Gasteiger partial charge in [-0.3, -0.25) is 0 Å². The number of carboxylic acid groups (broad SMARTS) is 1. The number of hydrogen-bond donors (Lipinski definition) is 3. The van der Waals surface area contributed by atoms with E-state index in [1.54, 1.807) is 12.1 Å². The molecule has 0 unspecified atom stereocenters. The van der Waals surface area contributed by atoms with Crippen molar-refractivity contribution in [1.82, 2.24) is 11.0 Å². The lowest BCUT2D eigenvalue weighted by Crippen LogP contribution is -2.16. The Morgan fingerprint density at radius 3 is 2.94 bits per heavy atom. The molecule has 0 bridgehead atoms. The first kappa shape index (κ1) is 10.7. The van der Waals surface area contributed by atoms with Gasteiger partial charge in [-0.1, -0.05) is 12.1 Å². The summed E-state index contributed by atoms with van der Waals surface area (Å²) in [6.07, 6.45) is 3.66. The van der Waals surface area contributed by atoms with Gasteiger partial charge in [-0.2, -0.15) is 0 Å². The fraction of sp³-hybridized carbons (Fsp3) is 0.0833. The average molecular weight is 246 g/mol. The average Bonchev–Trinajstić information content (AvgIpc) is 2.87. The van der Waals surface area contributed by atoms with Crippen LogP contribution in [0, 0.1) is 0 Å². The molecule has 0 aliphatic carbocycles. The van der Waals surface area contributed by atoms with Gasteiger partial charge in [0.2, 0.25) is 5.75 Å². The molecule has 1 aromatic carbocycles. The maximum Gasteiger partial charge on any atom is 0.333 e. The second-order valence-electron chi connectivity index (χ2n) is 3.86. The molecule has 2 aliphatic rings. The van der Waals surface area contributed by atoms with Crippen molar-refractivity contribution in [2.45, 2.75) is 6.42 Å². The summed E-state index contributed by atoms with van der Waals surface area (Å²) in [4.78, 5) is 21.0. The zero-order valence-electron chi connectivity index (χ0n) is 9.27. The number of carbonyl (C=O) groups is 1. The summed E-state index contributed by atoms with van der Waals surface area (Å²) in [6, 6.07) is 5.48. The van der Waals surface area contributed by atoms with Crippen molar-refractivity contribution < 1.29 is 19.6 Å². The largest absolute Gasteiger partial charge is 0.478 e. The van der Waals surface area contributed by atoms with Gasteiger partial charge in [0.05, 0.1) is 5.57 Å².